The molecule has 1 N–H and O–H groups in total. The maximum Gasteiger partial charge on any atom is 0.433 e. The lowest BCUT2D eigenvalue weighted by Gasteiger charge is -2.05. The number of ether oxygens (including phenoxy) is 1. The Hall–Kier alpha value is -3.76. The number of esters is 1. The van der Waals surface area contributed by atoms with E-state index in [2.05, 4.69) is 14.5 Å². The van der Waals surface area contributed by atoms with Crippen LogP contribution in [0.5, 0.6) is 0 Å². The van der Waals surface area contributed by atoms with Crippen LogP contribution in [0.2, 0.25) is 0 Å². The Morgan fingerprint density at radius 1 is 1.12 bits per heavy atom. The second-order valence-corrected chi connectivity index (χ2v) is 4.33. The predicted molar refractivity (Wildman–Crippen MR) is 77.4 cm³/mol. The minimum absolute atomic E-state index is 0.152. The molecule has 2 rings (SSSR count). The molecular weight excluding hydrogens is 326 g/mol. The monoisotopic (exact) mass is 335 g/mol. The second-order valence-electron chi connectivity index (χ2n) is 4.33. The molecule has 0 aliphatic carbocycles. The maximum absolute atomic E-state index is 11.6. The molecule has 0 bridgehead atoms. The van der Waals surface area contributed by atoms with E-state index in [1.54, 1.807) is 0 Å². The molecule has 0 spiro atoms. The normalized spacial score (nSPS) is 10.0. The van der Waals surface area contributed by atoms with Crippen molar-refractivity contribution in [2.75, 3.05) is 11.9 Å². The van der Waals surface area contributed by atoms with Gasteiger partial charge >= 0.3 is 11.9 Å². The number of nitrogens with one attached hydrogen (secondary N) is 1. The van der Waals surface area contributed by atoms with Gasteiger partial charge in [-0.15, -0.1) is 0 Å². The van der Waals surface area contributed by atoms with Gasteiger partial charge in [-0.25, -0.2) is 4.79 Å². The average molecular weight is 335 g/mol. The standard InChI is InChI=1S/C13H9N3O8/c17-11(14-8-2-1-3-9(6-8)15(19)20)7-23-13(18)10-4-5-12(24-10)16(21)22/h1-6H,7H2,(H,14,17). The third-order valence-corrected chi connectivity index (χ3v) is 2.65. The number of carbonyl (C=O) groups excluding carboxylic acids is 2. The second kappa shape index (κ2) is 7.00. The lowest BCUT2D eigenvalue weighted by atomic mass is 10.3. The summed E-state index contributed by atoms with van der Waals surface area (Å²) in [5, 5.41) is 23.4. The zero-order valence-electron chi connectivity index (χ0n) is 11.8. The van der Waals surface area contributed by atoms with Gasteiger partial charge in [0.05, 0.1) is 11.0 Å². The van der Waals surface area contributed by atoms with Crippen molar-refractivity contribution in [3.8, 4) is 0 Å². The number of nitrogens with zero attached hydrogens (tertiary/aromatic N) is 2. The fraction of sp³-hybridized carbons (Fsp3) is 0.0769. The van der Waals surface area contributed by atoms with Crippen LogP contribution in [0.3, 0.4) is 0 Å². The fourth-order valence-electron chi connectivity index (χ4n) is 1.63. The molecule has 24 heavy (non-hydrogen) atoms. The SMILES string of the molecule is O=C(COC(=O)c1ccc([N+](=O)[O-])o1)Nc1cccc([N+](=O)[O-])c1. The van der Waals surface area contributed by atoms with E-state index in [-0.39, 0.29) is 11.4 Å². The maximum atomic E-state index is 11.6. The van der Waals surface area contributed by atoms with Gasteiger partial charge in [0.2, 0.25) is 5.76 Å². The molecule has 1 aromatic heterocycles. The van der Waals surface area contributed by atoms with Gasteiger partial charge in [0.1, 0.15) is 4.92 Å². The van der Waals surface area contributed by atoms with Gasteiger partial charge in [-0.1, -0.05) is 6.07 Å². The number of rotatable bonds is 6. The van der Waals surface area contributed by atoms with Crippen LogP contribution in [-0.2, 0) is 9.53 Å². The van der Waals surface area contributed by atoms with Gasteiger partial charge in [0, 0.05) is 17.8 Å². The highest BCUT2D eigenvalue weighted by molar-refractivity contribution is 5.94. The molecule has 1 aromatic carbocycles. The van der Waals surface area contributed by atoms with Crippen molar-refractivity contribution in [2.24, 2.45) is 0 Å². The highest BCUT2D eigenvalue weighted by atomic mass is 16.7. The molecule has 0 saturated carbocycles. The van der Waals surface area contributed by atoms with E-state index in [1.165, 1.54) is 18.2 Å². The lowest BCUT2D eigenvalue weighted by molar-refractivity contribution is -0.402. The van der Waals surface area contributed by atoms with Gasteiger partial charge in [-0.3, -0.25) is 25.0 Å². The van der Waals surface area contributed by atoms with Crippen molar-refractivity contribution < 1.29 is 28.6 Å². The summed E-state index contributed by atoms with van der Waals surface area (Å²) in [4.78, 5) is 42.8. The summed E-state index contributed by atoms with van der Waals surface area (Å²) in [6.07, 6.45) is 0. The van der Waals surface area contributed by atoms with E-state index >= 15 is 0 Å². The molecule has 0 aliphatic rings. The van der Waals surface area contributed by atoms with Gasteiger partial charge in [0.15, 0.2) is 6.61 Å². The lowest BCUT2D eigenvalue weighted by Crippen LogP contribution is -2.20. The molecule has 0 radical (unpaired) electrons. The van der Waals surface area contributed by atoms with Crippen molar-refractivity contribution in [3.05, 3.63) is 62.4 Å². The minimum Gasteiger partial charge on any atom is -0.450 e. The summed E-state index contributed by atoms with van der Waals surface area (Å²) in [5.74, 6) is -2.87. The first-order chi connectivity index (χ1) is 11.4. The molecule has 0 unspecified atom stereocenters. The summed E-state index contributed by atoms with van der Waals surface area (Å²) in [6, 6.07) is 7.19. The number of hydrogen-bond donors (Lipinski definition) is 1. The molecule has 0 atom stereocenters. The van der Waals surface area contributed by atoms with E-state index in [4.69, 9.17) is 0 Å². The molecular formula is C13H9N3O8. The minimum atomic E-state index is -1.06. The van der Waals surface area contributed by atoms with Crippen LogP contribution in [0.25, 0.3) is 0 Å². The third-order valence-electron chi connectivity index (χ3n) is 2.65. The Bertz CT molecular complexity index is 813. The van der Waals surface area contributed by atoms with Crippen LogP contribution in [0, 0.1) is 20.2 Å². The van der Waals surface area contributed by atoms with E-state index in [1.807, 2.05) is 0 Å². The van der Waals surface area contributed by atoms with Crippen molar-refractivity contribution in [3.63, 3.8) is 0 Å². The first kappa shape index (κ1) is 16.6. The van der Waals surface area contributed by atoms with Crippen LogP contribution in [0.1, 0.15) is 10.6 Å². The van der Waals surface area contributed by atoms with Crippen molar-refractivity contribution in [2.45, 2.75) is 0 Å². The van der Waals surface area contributed by atoms with E-state index < -0.39 is 40.0 Å². The zero-order valence-corrected chi connectivity index (χ0v) is 11.8. The summed E-state index contributed by atoms with van der Waals surface area (Å²) >= 11 is 0. The highest BCUT2D eigenvalue weighted by Crippen LogP contribution is 2.18. The van der Waals surface area contributed by atoms with Crippen molar-refractivity contribution in [1.82, 2.24) is 0 Å². The number of carbonyl (C=O) groups is 2. The first-order valence-electron chi connectivity index (χ1n) is 6.32. The molecule has 11 heteroatoms. The first-order valence-corrected chi connectivity index (χ1v) is 6.32. The smallest absolute Gasteiger partial charge is 0.433 e. The molecule has 2 aromatic rings. The van der Waals surface area contributed by atoms with E-state index in [0.29, 0.717) is 0 Å². The number of amides is 1. The van der Waals surface area contributed by atoms with Crippen LogP contribution in [0.4, 0.5) is 17.3 Å². The fourth-order valence-corrected chi connectivity index (χ4v) is 1.63. The Kier molecular flexibility index (Phi) is 4.84. The van der Waals surface area contributed by atoms with Crippen LogP contribution in [-0.4, -0.2) is 28.3 Å². The molecule has 124 valence electrons. The molecule has 1 amide bonds. The number of anilines is 1. The third kappa shape index (κ3) is 4.13. The number of hydrogen-bond acceptors (Lipinski definition) is 8. The topological polar surface area (TPSA) is 155 Å². The number of non-ortho nitro benzene ring substituents is 1. The molecule has 0 saturated heterocycles. The predicted octanol–water partition coefficient (Wildman–Crippen LogP) is 1.89. The van der Waals surface area contributed by atoms with Gasteiger partial charge in [-0.2, -0.15) is 0 Å². The van der Waals surface area contributed by atoms with E-state index in [9.17, 15) is 29.8 Å². The van der Waals surface area contributed by atoms with Crippen molar-refractivity contribution >= 4 is 29.1 Å². The van der Waals surface area contributed by atoms with Crippen LogP contribution < -0.4 is 5.32 Å². The highest BCUT2D eigenvalue weighted by Gasteiger charge is 2.19. The number of nitro groups is 2. The summed E-state index contributed by atoms with van der Waals surface area (Å²) in [7, 11) is 0. The Morgan fingerprint density at radius 3 is 2.50 bits per heavy atom. The number of benzene rings is 1. The van der Waals surface area contributed by atoms with E-state index in [0.717, 1.165) is 18.2 Å². The summed E-state index contributed by atoms with van der Waals surface area (Å²) < 4.78 is 9.25. The summed E-state index contributed by atoms with van der Waals surface area (Å²) in [5.41, 5.74) is -0.0634. The quantitative estimate of drug-likeness (QED) is 0.476. The largest absolute Gasteiger partial charge is 0.450 e. The number of furan rings is 1. The Labute approximate surface area is 133 Å². The van der Waals surface area contributed by atoms with Crippen LogP contribution >= 0.6 is 0 Å². The average Bonchev–Trinajstić information content (AvgIpc) is 3.03. The molecule has 1 heterocycles. The van der Waals surface area contributed by atoms with Crippen LogP contribution in [0.15, 0.2) is 40.8 Å². The van der Waals surface area contributed by atoms with Gasteiger partial charge in [0.25, 0.3) is 11.6 Å². The Balaban J connectivity index is 1.90. The zero-order chi connectivity index (χ0) is 17.7. The number of nitro benzene ring substituents is 1. The van der Waals surface area contributed by atoms with Gasteiger partial charge in [-0.05, 0) is 12.1 Å². The van der Waals surface area contributed by atoms with Crippen molar-refractivity contribution in [1.29, 1.82) is 0 Å². The van der Waals surface area contributed by atoms with Gasteiger partial charge < -0.3 is 14.5 Å². The molecule has 0 fully saturated rings. The summed E-state index contributed by atoms with van der Waals surface area (Å²) in [6.45, 7) is -0.698. The molecule has 11 nitrogen and oxygen atoms in total. The Morgan fingerprint density at radius 2 is 1.88 bits per heavy atom. The molecule has 0 aliphatic heterocycles.